The van der Waals surface area contributed by atoms with Crippen LogP contribution in [0.15, 0.2) is 12.1 Å². The molecule has 0 saturated carbocycles. The molecule has 0 atom stereocenters. The van der Waals surface area contributed by atoms with Crippen LogP contribution in [0.4, 0.5) is 8.78 Å². The second-order valence-corrected chi connectivity index (χ2v) is 2.53. The molecule has 0 bridgehead atoms. The molecule has 0 N–H and O–H groups in total. The maximum Gasteiger partial charge on any atom is 0.356 e. The van der Waals surface area contributed by atoms with Gasteiger partial charge in [0.2, 0.25) is 0 Å². The van der Waals surface area contributed by atoms with Crippen molar-refractivity contribution in [1.82, 2.24) is 4.98 Å². The van der Waals surface area contributed by atoms with Crippen LogP contribution in [0.5, 0.6) is 0 Å². The molecule has 15 heavy (non-hydrogen) atoms. The van der Waals surface area contributed by atoms with E-state index in [9.17, 15) is 13.6 Å². The van der Waals surface area contributed by atoms with Crippen molar-refractivity contribution in [1.29, 1.82) is 5.26 Å². The van der Waals surface area contributed by atoms with Crippen LogP contribution in [-0.2, 0) is 4.74 Å². The van der Waals surface area contributed by atoms with E-state index in [-0.39, 0.29) is 11.3 Å². The third-order valence-electron chi connectivity index (χ3n) is 1.65. The van der Waals surface area contributed by atoms with E-state index in [1.807, 2.05) is 0 Å². The summed E-state index contributed by atoms with van der Waals surface area (Å²) in [6.45, 7) is 0. The van der Waals surface area contributed by atoms with Crippen molar-refractivity contribution in [2.24, 2.45) is 0 Å². The van der Waals surface area contributed by atoms with Gasteiger partial charge in [-0.05, 0) is 12.1 Å². The van der Waals surface area contributed by atoms with Gasteiger partial charge in [0.1, 0.15) is 17.5 Å². The number of rotatable bonds is 2. The van der Waals surface area contributed by atoms with E-state index in [2.05, 4.69) is 9.72 Å². The topological polar surface area (TPSA) is 63.0 Å². The smallest absolute Gasteiger partial charge is 0.356 e. The number of pyridine rings is 1. The van der Waals surface area contributed by atoms with Gasteiger partial charge in [0.15, 0.2) is 0 Å². The summed E-state index contributed by atoms with van der Waals surface area (Å²) in [7, 11) is 1.12. The van der Waals surface area contributed by atoms with Gasteiger partial charge in [0.05, 0.1) is 12.7 Å². The number of hydrogen-bond acceptors (Lipinski definition) is 4. The van der Waals surface area contributed by atoms with Crippen LogP contribution >= 0.6 is 0 Å². The molecule has 1 heterocycles. The average Bonchev–Trinajstić information content (AvgIpc) is 2.27. The Bertz CT molecular complexity index is 427. The quantitative estimate of drug-likeness (QED) is 0.699. The summed E-state index contributed by atoms with van der Waals surface area (Å²) in [5.41, 5.74) is -1.20. The Morgan fingerprint density at radius 2 is 2.27 bits per heavy atom. The highest BCUT2D eigenvalue weighted by Gasteiger charge is 2.18. The Kier molecular flexibility index (Phi) is 3.29. The average molecular weight is 212 g/mol. The number of hydrogen-bond donors (Lipinski definition) is 0. The minimum Gasteiger partial charge on any atom is -0.464 e. The molecule has 0 aliphatic heterocycles. The second-order valence-electron chi connectivity index (χ2n) is 2.53. The molecule has 0 spiro atoms. The highest BCUT2D eigenvalue weighted by molar-refractivity contribution is 5.87. The van der Waals surface area contributed by atoms with Crippen LogP contribution in [-0.4, -0.2) is 18.1 Å². The molecule has 1 aromatic heterocycles. The van der Waals surface area contributed by atoms with Gasteiger partial charge in [-0.1, -0.05) is 0 Å². The molecule has 0 aliphatic carbocycles. The van der Waals surface area contributed by atoms with Crippen LogP contribution in [0.2, 0.25) is 0 Å². The number of ether oxygens (including phenoxy) is 1. The lowest BCUT2D eigenvalue weighted by atomic mass is 10.2. The van der Waals surface area contributed by atoms with E-state index in [4.69, 9.17) is 5.26 Å². The van der Waals surface area contributed by atoms with Crippen LogP contribution in [0.3, 0.4) is 0 Å². The molecule has 0 unspecified atom stereocenters. The van der Waals surface area contributed by atoms with E-state index in [0.717, 1.165) is 19.2 Å². The molecule has 0 saturated heterocycles. The first-order valence-electron chi connectivity index (χ1n) is 3.87. The van der Waals surface area contributed by atoms with Gasteiger partial charge in [0, 0.05) is 0 Å². The van der Waals surface area contributed by atoms with E-state index in [1.54, 1.807) is 6.07 Å². The van der Waals surface area contributed by atoms with E-state index in [0.29, 0.717) is 0 Å². The van der Waals surface area contributed by atoms with Crippen LogP contribution < -0.4 is 0 Å². The molecular formula is C9H6F2N2O2. The van der Waals surface area contributed by atoms with Gasteiger partial charge < -0.3 is 4.74 Å². The number of carbonyl (C=O) groups is 1. The standard InChI is InChI=1S/C9H6F2N2O2/c1-15-9(14)6-3-2-5(4-12)7(13-6)8(10)11/h2-3,8H,1H3. The summed E-state index contributed by atoms with van der Waals surface area (Å²) in [4.78, 5) is 14.3. The van der Waals surface area contributed by atoms with Gasteiger partial charge in [-0.3, -0.25) is 0 Å². The minimum absolute atomic E-state index is 0.244. The first-order valence-corrected chi connectivity index (χ1v) is 3.87. The normalized spacial score (nSPS) is 9.80. The molecule has 78 valence electrons. The molecule has 0 aliphatic rings. The van der Waals surface area contributed by atoms with Crippen LogP contribution in [0.1, 0.15) is 28.2 Å². The first-order chi connectivity index (χ1) is 7.10. The molecule has 0 aromatic carbocycles. The van der Waals surface area contributed by atoms with Gasteiger partial charge >= 0.3 is 5.97 Å². The zero-order valence-electron chi connectivity index (χ0n) is 7.70. The van der Waals surface area contributed by atoms with Crippen molar-refractivity contribution < 1.29 is 18.3 Å². The van der Waals surface area contributed by atoms with Crippen molar-refractivity contribution in [3.05, 3.63) is 29.1 Å². The van der Waals surface area contributed by atoms with Gasteiger partial charge in [-0.15, -0.1) is 0 Å². The van der Waals surface area contributed by atoms with Crippen molar-refractivity contribution in [3.8, 4) is 6.07 Å². The number of carbonyl (C=O) groups excluding carboxylic acids is 1. The number of alkyl halides is 2. The Morgan fingerprint density at radius 3 is 2.73 bits per heavy atom. The fraction of sp³-hybridized carbons (Fsp3) is 0.222. The molecule has 1 rings (SSSR count). The summed E-state index contributed by atoms with van der Waals surface area (Å²) in [5.74, 6) is -0.818. The highest BCUT2D eigenvalue weighted by Crippen LogP contribution is 2.20. The summed E-state index contributed by atoms with van der Waals surface area (Å²) in [6.07, 6.45) is -2.90. The molecule has 0 amide bonds. The number of nitrogens with zero attached hydrogens (tertiary/aromatic N) is 2. The first kappa shape index (κ1) is 11.0. The fourth-order valence-corrected chi connectivity index (χ4v) is 0.954. The zero-order chi connectivity index (χ0) is 11.4. The van der Waals surface area contributed by atoms with Crippen molar-refractivity contribution >= 4 is 5.97 Å². The Morgan fingerprint density at radius 1 is 1.60 bits per heavy atom. The highest BCUT2D eigenvalue weighted by atomic mass is 19.3. The van der Waals surface area contributed by atoms with Gasteiger partial charge in [0.25, 0.3) is 6.43 Å². The van der Waals surface area contributed by atoms with E-state index in [1.165, 1.54) is 0 Å². The lowest BCUT2D eigenvalue weighted by Crippen LogP contribution is -2.07. The number of aromatic nitrogens is 1. The molecule has 6 heteroatoms. The lowest BCUT2D eigenvalue weighted by Gasteiger charge is -2.03. The fourth-order valence-electron chi connectivity index (χ4n) is 0.954. The number of halogens is 2. The summed E-state index contributed by atoms with van der Waals surface area (Å²) >= 11 is 0. The second kappa shape index (κ2) is 4.46. The Balaban J connectivity index is 3.23. The third-order valence-corrected chi connectivity index (χ3v) is 1.65. The number of nitriles is 1. The molecular weight excluding hydrogens is 206 g/mol. The summed E-state index contributed by atoms with van der Waals surface area (Å²) in [5, 5.41) is 8.51. The predicted molar refractivity (Wildman–Crippen MR) is 45.2 cm³/mol. The van der Waals surface area contributed by atoms with Crippen molar-refractivity contribution in [3.63, 3.8) is 0 Å². The van der Waals surface area contributed by atoms with Gasteiger partial charge in [-0.25, -0.2) is 18.6 Å². The van der Waals surface area contributed by atoms with Crippen molar-refractivity contribution in [2.45, 2.75) is 6.43 Å². The molecule has 0 fully saturated rings. The number of methoxy groups -OCH3 is 1. The Hall–Kier alpha value is -2.03. The lowest BCUT2D eigenvalue weighted by molar-refractivity contribution is 0.0592. The maximum atomic E-state index is 12.4. The largest absolute Gasteiger partial charge is 0.464 e. The summed E-state index contributed by atoms with van der Waals surface area (Å²) < 4.78 is 29.1. The predicted octanol–water partition coefficient (Wildman–Crippen LogP) is 1.68. The third kappa shape index (κ3) is 2.26. The van der Waals surface area contributed by atoms with Crippen molar-refractivity contribution in [2.75, 3.05) is 7.11 Å². The minimum atomic E-state index is -2.90. The SMILES string of the molecule is COC(=O)c1ccc(C#N)c(C(F)F)n1. The summed E-state index contributed by atoms with van der Waals surface area (Å²) in [6, 6.07) is 3.84. The van der Waals surface area contributed by atoms with E-state index < -0.39 is 18.1 Å². The Labute approximate surface area is 84.1 Å². The number of esters is 1. The maximum absolute atomic E-state index is 12.4. The zero-order valence-corrected chi connectivity index (χ0v) is 7.70. The van der Waals surface area contributed by atoms with Gasteiger partial charge in [-0.2, -0.15) is 5.26 Å². The van der Waals surface area contributed by atoms with Crippen LogP contribution in [0, 0.1) is 11.3 Å². The molecule has 1 aromatic rings. The monoisotopic (exact) mass is 212 g/mol. The molecule has 4 nitrogen and oxygen atoms in total. The molecule has 0 radical (unpaired) electrons. The van der Waals surface area contributed by atoms with E-state index >= 15 is 0 Å². The van der Waals surface area contributed by atoms with Crippen LogP contribution in [0.25, 0.3) is 0 Å².